The molecule has 0 fully saturated rings. The molecule has 1 aliphatic heterocycles. The number of methoxy groups -OCH3 is 1. The molecule has 0 bridgehead atoms. The van der Waals surface area contributed by atoms with Crippen molar-refractivity contribution in [2.24, 2.45) is 0 Å². The average molecular weight is 439 g/mol. The third-order valence-electron chi connectivity index (χ3n) is 6.43. The van der Waals surface area contributed by atoms with Gasteiger partial charge in [-0.3, -0.25) is 9.48 Å². The van der Waals surface area contributed by atoms with Gasteiger partial charge >= 0.3 is 0 Å². The van der Waals surface area contributed by atoms with Crippen LogP contribution in [0.4, 0.5) is 8.78 Å². The number of carbonyl (C=O) groups is 1. The molecule has 2 aromatic carbocycles. The Morgan fingerprint density at radius 3 is 2.78 bits per heavy atom. The predicted molar refractivity (Wildman–Crippen MR) is 113 cm³/mol. The molecule has 1 amide bonds. The molecule has 1 unspecified atom stereocenters. The number of fused-ring (bicyclic) bond motifs is 2. The Morgan fingerprint density at radius 2 is 2.03 bits per heavy atom. The van der Waals surface area contributed by atoms with Crippen LogP contribution in [-0.4, -0.2) is 45.5 Å². The van der Waals surface area contributed by atoms with Gasteiger partial charge in [-0.25, -0.2) is 8.78 Å². The summed E-state index contributed by atoms with van der Waals surface area (Å²) in [5, 5.41) is 15.7. The van der Waals surface area contributed by atoms with Crippen LogP contribution in [0.5, 0.6) is 5.75 Å². The van der Waals surface area contributed by atoms with Gasteiger partial charge < -0.3 is 14.7 Å². The highest BCUT2D eigenvalue weighted by Gasteiger charge is 2.39. The van der Waals surface area contributed by atoms with Crippen molar-refractivity contribution < 1.29 is 23.4 Å². The fourth-order valence-electron chi connectivity index (χ4n) is 4.87. The molecule has 3 aromatic rings. The van der Waals surface area contributed by atoms with E-state index in [1.807, 2.05) is 24.3 Å². The zero-order valence-corrected chi connectivity index (χ0v) is 17.8. The Kier molecular flexibility index (Phi) is 4.97. The molecule has 8 heteroatoms. The predicted octanol–water partition coefficient (Wildman–Crippen LogP) is 3.25. The summed E-state index contributed by atoms with van der Waals surface area (Å²) in [4.78, 5) is 13.8. The molecule has 0 saturated heterocycles. The Hall–Kier alpha value is -3.26. The van der Waals surface area contributed by atoms with E-state index in [0.717, 1.165) is 22.9 Å². The number of rotatable bonds is 3. The maximum atomic E-state index is 14.4. The average Bonchev–Trinajstić information content (AvgIpc) is 3.30. The monoisotopic (exact) mass is 439 g/mol. The van der Waals surface area contributed by atoms with E-state index < -0.39 is 23.8 Å². The summed E-state index contributed by atoms with van der Waals surface area (Å²) in [6.07, 6.45) is -0.314. The van der Waals surface area contributed by atoms with Gasteiger partial charge in [-0.1, -0.05) is 12.1 Å². The van der Waals surface area contributed by atoms with E-state index in [0.29, 0.717) is 42.1 Å². The number of ether oxygens (including phenoxy) is 1. The minimum Gasteiger partial charge on any atom is -0.497 e. The largest absolute Gasteiger partial charge is 0.497 e. The lowest BCUT2D eigenvalue weighted by molar-refractivity contribution is -0.129. The third kappa shape index (κ3) is 3.26. The summed E-state index contributed by atoms with van der Waals surface area (Å²) in [6.45, 7) is 2.42. The number of amides is 1. The van der Waals surface area contributed by atoms with Crippen LogP contribution in [0.1, 0.15) is 35.3 Å². The normalized spacial score (nSPS) is 19.6. The van der Waals surface area contributed by atoms with Crippen LogP contribution in [0.15, 0.2) is 36.4 Å². The number of nitrogens with zero attached hydrogens (tertiary/aromatic N) is 3. The zero-order chi connectivity index (χ0) is 22.6. The molecule has 1 aromatic heterocycles. The van der Waals surface area contributed by atoms with Crippen LogP contribution in [0.2, 0.25) is 0 Å². The van der Waals surface area contributed by atoms with E-state index in [9.17, 15) is 18.7 Å². The third-order valence-corrected chi connectivity index (χ3v) is 6.43. The molecule has 2 heterocycles. The lowest BCUT2D eigenvalue weighted by Crippen LogP contribution is -2.35. The van der Waals surface area contributed by atoms with Crippen LogP contribution >= 0.6 is 0 Å². The Labute approximate surface area is 184 Å². The fraction of sp³-hybridized carbons (Fsp3) is 0.333. The lowest BCUT2D eigenvalue weighted by Gasteiger charge is -2.28. The van der Waals surface area contributed by atoms with Crippen LogP contribution in [0, 0.1) is 11.6 Å². The standard InChI is InChI=1S/C24H23F2N3O3/c1-13(30)28-7-6-21-19(12-28)23(14-4-3-5-16(8-14)32-2)27-29(21)24-18-9-15(25)10-20(26)17(18)11-22(24)31/h3-5,8-10,22,24,31H,6-7,11-12H2,1-2H3/t22-,24?/m1/s1. The van der Waals surface area contributed by atoms with Gasteiger partial charge in [0.1, 0.15) is 23.4 Å². The number of carbonyl (C=O) groups excluding carboxylic acids is 1. The van der Waals surface area contributed by atoms with Crippen molar-refractivity contribution in [3.8, 4) is 17.0 Å². The van der Waals surface area contributed by atoms with E-state index in [4.69, 9.17) is 9.84 Å². The van der Waals surface area contributed by atoms with E-state index >= 15 is 0 Å². The molecule has 1 N–H and O–H groups in total. The van der Waals surface area contributed by atoms with Crippen molar-refractivity contribution in [3.05, 3.63) is 70.4 Å². The first kappa shape index (κ1) is 20.6. The maximum absolute atomic E-state index is 14.4. The molecule has 6 nitrogen and oxygen atoms in total. The second-order valence-electron chi connectivity index (χ2n) is 8.31. The van der Waals surface area contributed by atoms with Gasteiger partial charge in [-0.15, -0.1) is 0 Å². The highest BCUT2D eigenvalue weighted by atomic mass is 19.1. The summed E-state index contributed by atoms with van der Waals surface area (Å²) in [6, 6.07) is 8.88. The molecule has 2 aliphatic rings. The second kappa shape index (κ2) is 7.70. The minimum absolute atomic E-state index is 0.0321. The summed E-state index contributed by atoms with van der Waals surface area (Å²) in [5.74, 6) is -0.703. The van der Waals surface area contributed by atoms with E-state index in [-0.39, 0.29) is 12.3 Å². The van der Waals surface area contributed by atoms with Crippen LogP contribution in [-0.2, 0) is 24.2 Å². The molecule has 0 radical (unpaired) electrons. The van der Waals surface area contributed by atoms with Crippen molar-refractivity contribution in [1.29, 1.82) is 0 Å². The quantitative estimate of drug-likeness (QED) is 0.681. The number of hydrogen-bond donors (Lipinski definition) is 1. The van der Waals surface area contributed by atoms with Gasteiger partial charge in [0, 0.05) is 55.7 Å². The number of hydrogen-bond acceptors (Lipinski definition) is 4. The molecule has 0 spiro atoms. The van der Waals surface area contributed by atoms with Gasteiger partial charge in [-0.05, 0) is 29.3 Å². The first-order chi connectivity index (χ1) is 15.4. The van der Waals surface area contributed by atoms with E-state index in [1.165, 1.54) is 13.0 Å². The fourth-order valence-corrected chi connectivity index (χ4v) is 4.87. The molecular formula is C24H23F2N3O3. The molecular weight excluding hydrogens is 416 g/mol. The van der Waals surface area contributed by atoms with Gasteiger partial charge in [0.05, 0.1) is 18.9 Å². The van der Waals surface area contributed by atoms with Crippen molar-refractivity contribution >= 4 is 5.91 Å². The Morgan fingerprint density at radius 1 is 1.22 bits per heavy atom. The summed E-state index contributed by atoms with van der Waals surface area (Å²) in [7, 11) is 1.58. The van der Waals surface area contributed by atoms with Crippen LogP contribution < -0.4 is 4.74 Å². The first-order valence-corrected chi connectivity index (χ1v) is 10.5. The zero-order valence-electron chi connectivity index (χ0n) is 17.8. The van der Waals surface area contributed by atoms with E-state index in [1.54, 1.807) is 16.7 Å². The Bertz CT molecular complexity index is 1220. The van der Waals surface area contributed by atoms with Crippen LogP contribution in [0.3, 0.4) is 0 Å². The minimum atomic E-state index is -0.936. The molecule has 2 atom stereocenters. The summed E-state index contributed by atoms with van der Waals surface area (Å²) < 4.78 is 35.5. The van der Waals surface area contributed by atoms with Crippen molar-refractivity contribution in [3.63, 3.8) is 0 Å². The number of aliphatic hydroxyl groups is 1. The second-order valence-corrected chi connectivity index (χ2v) is 8.31. The van der Waals surface area contributed by atoms with Gasteiger partial charge in [0.15, 0.2) is 0 Å². The summed E-state index contributed by atoms with van der Waals surface area (Å²) >= 11 is 0. The molecule has 32 heavy (non-hydrogen) atoms. The number of benzene rings is 2. The highest BCUT2D eigenvalue weighted by Crippen LogP contribution is 2.40. The first-order valence-electron chi connectivity index (χ1n) is 10.5. The summed E-state index contributed by atoms with van der Waals surface area (Å²) in [5.41, 5.74) is 3.94. The molecule has 0 saturated carbocycles. The number of halogens is 2. The highest BCUT2D eigenvalue weighted by molar-refractivity contribution is 5.75. The van der Waals surface area contributed by atoms with Gasteiger partial charge in [-0.2, -0.15) is 5.10 Å². The van der Waals surface area contributed by atoms with Crippen LogP contribution in [0.25, 0.3) is 11.3 Å². The van der Waals surface area contributed by atoms with Crippen molar-refractivity contribution in [2.45, 2.75) is 38.5 Å². The van der Waals surface area contributed by atoms with Gasteiger partial charge in [0.2, 0.25) is 5.91 Å². The van der Waals surface area contributed by atoms with Gasteiger partial charge in [0.25, 0.3) is 0 Å². The Balaban J connectivity index is 1.69. The van der Waals surface area contributed by atoms with Crippen molar-refractivity contribution in [1.82, 2.24) is 14.7 Å². The molecule has 166 valence electrons. The van der Waals surface area contributed by atoms with E-state index in [2.05, 4.69) is 0 Å². The molecule has 1 aliphatic carbocycles. The smallest absolute Gasteiger partial charge is 0.219 e. The number of aliphatic hydroxyl groups excluding tert-OH is 1. The topological polar surface area (TPSA) is 67.6 Å². The maximum Gasteiger partial charge on any atom is 0.219 e. The number of aromatic nitrogens is 2. The SMILES string of the molecule is COc1cccc(-c2nn(C3c4cc(F)cc(F)c4C[C@H]3O)c3c2CN(C(C)=O)CC3)c1. The molecule has 5 rings (SSSR count). The lowest BCUT2D eigenvalue weighted by atomic mass is 9.99. The van der Waals surface area contributed by atoms with Crippen molar-refractivity contribution in [2.75, 3.05) is 13.7 Å².